The molecule has 1 rings (SSSR count). The third kappa shape index (κ3) is 2.88. The van der Waals surface area contributed by atoms with Crippen molar-refractivity contribution in [3.8, 4) is 0 Å². The van der Waals surface area contributed by atoms with Gasteiger partial charge < -0.3 is 4.57 Å². The van der Waals surface area contributed by atoms with E-state index in [1.54, 1.807) is 14.0 Å². The summed E-state index contributed by atoms with van der Waals surface area (Å²) in [6.45, 7) is 1.72. The summed E-state index contributed by atoms with van der Waals surface area (Å²) in [4.78, 5) is 3.75. The molecule has 1 aromatic rings. The minimum atomic E-state index is -3.59. The Morgan fingerprint density at radius 1 is 1.56 bits per heavy atom. The number of hydrogen-bond acceptors (Lipinski definition) is 3. The Balaban J connectivity index is 2.87. The number of aryl methyl sites for hydroxylation is 1. The van der Waals surface area contributed by atoms with Crippen LogP contribution in [0.15, 0.2) is 23.5 Å². The number of nitrogens with zero attached hydrogens (tertiary/aromatic N) is 2. The molecule has 0 aliphatic rings. The van der Waals surface area contributed by atoms with Gasteiger partial charge in [0.15, 0.2) is 0 Å². The quantitative estimate of drug-likeness (QED) is 0.816. The Morgan fingerprint density at radius 3 is 2.62 bits per heavy atom. The van der Waals surface area contributed by atoms with Crippen molar-refractivity contribution in [2.24, 2.45) is 7.05 Å². The van der Waals surface area contributed by atoms with Crippen molar-refractivity contribution in [3.05, 3.63) is 24.0 Å². The van der Waals surface area contributed by atoms with E-state index >= 15 is 0 Å². The lowest BCUT2D eigenvalue weighted by molar-refractivity contribution is 0.418. The summed E-state index contributed by atoms with van der Waals surface area (Å²) < 4.78 is 48.3. The normalized spacial score (nSPS) is 11.5. The zero-order chi connectivity index (χ0) is 12.3. The average Bonchev–Trinajstić information content (AvgIpc) is 2.47. The van der Waals surface area contributed by atoms with Crippen molar-refractivity contribution in [1.29, 1.82) is 0 Å². The zero-order valence-corrected chi connectivity index (χ0v) is 9.76. The van der Waals surface area contributed by atoms with Crippen LogP contribution in [-0.4, -0.2) is 23.7 Å². The number of imidazole rings is 1. The van der Waals surface area contributed by atoms with Gasteiger partial charge in [-0.3, -0.25) is 0 Å². The fraction of sp³-hybridized carbons (Fsp3) is 0.444. The summed E-state index contributed by atoms with van der Waals surface area (Å²) in [7, 11) is -2.02. The molecular weight excluding hydrogens is 238 g/mol. The molecule has 0 amide bonds. The minimum Gasteiger partial charge on any atom is -0.322 e. The summed E-state index contributed by atoms with van der Waals surface area (Å²) >= 11 is 0. The van der Waals surface area contributed by atoms with Crippen LogP contribution in [0.1, 0.15) is 12.1 Å². The van der Waals surface area contributed by atoms with Crippen LogP contribution >= 0.6 is 0 Å². The first-order valence-corrected chi connectivity index (χ1v) is 6.22. The smallest absolute Gasteiger partial charge is 0.266 e. The molecule has 4 nitrogen and oxygen atoms in total. The van der Waals surface area contributed by atoms with E-state index in [1.807, 2.05) is 0 Å². The van der Waals surface area contributed by atoms with Crippen molar-refractivity contribution >= 4 is 9.84 Å². The molecule has 0 aliphatic carbocycles. The molecule has 0 fully saturated rings. The van der Waals surface area contributed by atoms with E-state index in [1.165, 1.54) is 10.8 Å². The predicted molar refractivity (Wildman–Crippen MR) is 54.9 cm³/mol. The largest absolute Gasteiger partial charge is 0.322 e. The first-order valence-electron chi connectivity index (χ1n) is 4.57. The molecule has 0 aromatic carbocycles. The van der Waals surface area contributed by atoms with Gasteiger partial charge in [-0.15, -0.1) is 0 Å². The van der Waals surface area contributed by atoms with Gasteiger partial charge in [0.25, 0.3) is 6.08 Å². The Bertz CT molecular complexity index is 502. The van der Waals surface area contributed by atoms with Crippen LogP contribution in [0.25, 0.3) is 0 Å². The molecule has 0 atom stereocenters. The van der Waals surface area contributed by atoms with Gasteiger partial charge in [0.1, 0.15) is 0 Å². The number of rotatable bonds is 4. The second-order valence-electron chi connectivity index (χ2n) is 3.34. The van der Waals surface area contributed by atoms with Crippen LogP contribution in [0.3, 0.4) is 0 Å². The van der Waals surface area contributed by atoms with Crippen molar-refractivity contribution in [1.82, 2.24) is 9.55 Å². The van der Waals surface area contributed by atoms with E-state index in [0.29, 0.717) is 11.8 Å². The molecule has 0 spiro atoms. The first kappa shape index (κ1) is 12.8. The van der Waals surface area contributed by atoms with Gasteiger partial charge in [0.05, 0.1) is 5.75 Å². The monoisotopic (exact) mass is 250 g/mol. The van der Waals surface area contributed by atoms with Crippen LogP contribution < -0.4 is 0 Å². The van der Waals surface area contributed by atoms with Crippen LogP contribution in [0.2, 0.25) is 0 Å². The summed E-state index contributed by atoms with van der Waals surface area (Å²) in [5.74, 6) is -0.366. The highest BCUT2D eigenvalue weighted by Crippen LogP contribution is 2.12. The van der Waals surface area contributed by atoms with E-state index < -0.39 is 15.9 Å². The fourth-order valence-electron chi connectivity index (χ4n) is 1.18. The lowest BCUT2D eigenvalue weighted by atomic mass is 10.5. The molecule has 0 unspecified atom stereocenters. The molecule has 0 N–H and O–H groups in total. The lowest BCUT2D eigenvalue weighted by Gasteiger charge is -2.03. The van der Waals surface area contributed by atoms with Gasteiger partial charge in [-0.1, -0.05) is 0 Å². The maximum absolute atomic E-state index is 11.7. The number of sulfone groups is 1. The summed E-state index contributed by atoms with van der Waals surface area (Å²) in [5, 5.41) is -0.0855. The Morgan fingerprint density at radius 2 is 2.19 bits per heavy atom. The summed E-state index contributed by atoms with van der Waals surface area (Å²) in [6, 6.07) is 0. The fourth-order valence-corrected chi connectivity index (χ4v) is 2.56. The van der Waals surface area contributed by atoms with Gasteiger partial charge in [-0.2, -0.15) is 8.78 Å². The second kappa shape index (κ2) is 4.73. The van der Waals surface area contributed by atoms with Gasteiger partial charge >= 0.3 is 0 Å². The molecule has 90 valence electrons. The van der Waals surface area contributed by atoms with Crippen molar-refractivity contribution in [3.63, 3.8) is 0 Å². The third-order valence-corrected chi connectivity index (χ3v) is 3.85. The first-order chi connectivity index (χ1) is 7.34. The molecule has 16 heavy (non-hydrogen) atoms. The van der Waals surface area contributed by atoms with E-state index in [-0.39, 0.29) is 17.3 Å². The molecule has 7 heteroatoms. The van der Waals surface area contributed by atoms with Crippen LogP contribution in [0.4, 0.5) is 8.78 Å². The highest BCUT2D eigenvalue weighted by Gasteiger charge is 2.19. The van der Waals surface area contributed by atoms with Crippen molar-refractivity contribution in [2.75, 3.05) is 5.75 Å². The van der Waals surface area contributed by atoms with Crippen LogP contribution in [-0.2, 0) is 16.9 Å². The molecule has 0 saturated carbocycles. The van der Waals surface area contributed by atoms with Gasteiger partial charge in [-0.05, 0) is 19.4 Å². The number of allylic oxidation sites excluding steroid dienone is 1. The zero-order valence-electron chi connectivity index (χ0n) is 8.94. The predicted octanol–water partition coefficient (Wildman–Crippen LogP) is 1.67. The van der Waals surface area contributed by atoms with Gasteiger partial charge in [0.2, 0.25) is 15.0 Å². The second-order valence-corrected chi connectivity index (χ2v) is 5.35. The third-order valence-electron chi connectivity index (χ3n) is 2.14. The lowest BCUT2D eigenvalue weighted by Crippen LogP contribution is -2.12. The van der Waals surface area contributed by atoms with Crippen molar-refractivity contribution < 1.29 is 17.2 Å². The number of aromatic nitrogens is 2. The summed E-state index contributed by atoms with van der Waals surface area (Å²) in [5.41, 5.74) is 0.700. The molecular formula is C9H12F2N2O2S. The maximum atomic E-state index is 11.7. The standard InChI is InChI=1S/C9H12F2N2O2S/c1-7-6-12-9(13(7)2)16(14,15)5-3-4-8(10)11/h4,6H,3,5H2,1-2H3. The highest BCUT2D eigenvalue weighted by molar-refractivity contribution is 7.91. The Hall–Kier alpha value is -1.24. The molecule has 0 aliphatic heterocycles. The maximum Gasteiger partial charge on any atom is 0.266 e. The summed E-state index contributed by atoms with van der Waals surface area (Å²) in [6.07, 6.45) is -0.0613. The molecule has 1 heterocycles. The van der Waals surface area contributed by atoms with E-state index in [4.69, 9.17) is 0 Å². The molecule has 1 aromatic heterocycles. The Kier molecular flexibility index (Phi) is 3.79. The van der Waals surface area contributed by atoms with Gasteiger partial charge in [0, 0.05) is 18.9 Å². The van der Waals surface area contributed by atoms with E-state index in [9.17, 15) is 17.2 Å². The molecule has 0 bridgehead atoms. The van der Waals surface area contributed by atoms with E-state index in [2.05, 4.69) is 4.98 Å². The van der Waals surface area contributed by atoms with E-state index in [0.717, 1.165) is 0 Å². The van der Waals surface area contributed by atoms with Crippen molar-refractivity contribution in [2.45, 2.75) is 18.5 Å². The van der Waals surface area contributed by atoms with Gasteiger partial charge in [-0.25, -0.2) is 13.4 Å². The van der Waals surface area contributed by atoms with Crippen LogP contribution in [0, 0.1) is 6.92 Å². The molecule has 0 saturated heterocycles. The highest BCUT2D eigenvalue weighted by atomic mass is 32.2. The van der Waals surface area contributed by atoms with Crippen LogP contribution in [0.5, 0.6) is 0 Å². The SMILES string of the molecule is Cc1cnc(S(=O)(=O)CCC=C(F)F)n1C. The average molecular weight is 250 g/mol. The topological polar surface area (TPSA) is 52.0 Å². The minimum absolute atomic E-state index is 0.0855. The number of halogens is 2. The Labute approximate surface area is 92.5 Å². The number of hydrogen-bond donors (Lipinski definition) is 0. The molecule has 0 radical (unpaired) electrons.